The first-order chi connectivity index (χ1) is 8.82. The predicted octanol–water partition coefficient (Wildman–Crippen LogP) is 0.766. The van der Waals surface area contributed by atoms with E-state index in [1.807, 2.05) is 13.8 Å². The van der Waals surface area contributed by atoms with Crippen LogP contribution in [-0.2, 0) is 9.59 Å². The molecule has 2 amide bonds. The molecule has 2 N–H and O–H groups in total. The highest BCUT2D eigenvalue weighted by Gasteiger charge is 2.32. The topological polar surface area (TPSA) is 69.6 Å². The van der Waals surface area contributed by atoms with Gasteiger partial charge in [0.1, 0.15) is 6.04 Å². The molecule has 0 aromatic carbocycles. The Morgan fingerprint density at radius 1 is 1.32 bits per heavy atom. The number of aliphatic hydroxyl groups excluding tert-OH is 1. The molecule has 5 heteroatoms. The summed E-state index contributed by atoms with van der Waals surface area (Å²) in [7, 11) is 0. The van der Waals surface area contributed by atoms with Crippen LogP contribution in [0.25, 0.3) is 0 Å². The Morgan fingerprint density at radius 2 is 1.95 bits per heavy atom. The number of carbonyl (C=O) groups is 2. The summed E-state index contributed by atoms with van der Waals surface area (Å²) >= 11 is 0. The summed E-state index contributed by atoms with van der Waals surface area (Å²) in [4.78, 5) is 25.4. The Balaban J connectivity index is 2.70. The molecule has 1 aliphatic heterocycles. The molecule has 0 aromatic rings. The van der Waals surface area contributed by atoms with E-state index in [1.54, 1.807) is 11.8 Å². The first kappa shape index (κ1) is 16.0. The number of hydrogen-bond acceptors (Lipinski definition) is 3. The van der Waals surface area contributed by atoms with Gasteiger partial charge in [0.15, 0.2) is 0 Å². The van der Waals surface area contributed by atoms with Gasteiger partial charge >= 0.3 is 0 Å². The predicted molar refractivity (Wildman–Crippen MR) is 73.4 cm³/mol. The summed E-state index contributed by atoms with van der Waals surface area (Å²) in [6, 6.07) is -0.467. The van der Waals surface area contributed by atoms with Gasteiger partial charge in [-0.1, -0.05) is 13.8 Å². The van der Waals surface area contributed by atoms with Gasteiger partial charge < -0.3 is 15.3 Å². The van der Waals surface area contributed by atoms with Gasteiger partial charge in [-0.2, -0.15) is 0 Å². The molecule has 1 aliphatic rings. The quantitative estimate of drug-likeness (QED) is 0.792. The number of likely N-dealkylation sites (tertiary alicyclic amines) is 1. The van der Waals surface area contributed by atoms with Gasteiger partial charge in [-0.25, -0.2) is 0 Å². The van der Waals surface area contributed by atoms with Crippen LogP contribution in [-0.4, -0.2) is 47.1 Å². The number of hydrogen-bond donors (Lipinski definition) is 2. The number of rotatable bonds is 4. The number of nitrogens with one attached hydrogen (secondary N) is 1. The first-order valence-corrected chi connectivity index (χ1v) is 7.07. The van der Waals surface area contributed by atoms with Crippen LogP contribution in [0.3, 0.4) is 0 Å². The molecule has 0 bridgehead atoms. The number of aliphatic hydroxyl groups is 1. The average Bonchev–Trinajstić information content (AvgIpc) is 2.34. The fraction of sp³-hybridized carbons (Fsp3) is 0.857. The lowest BCUT2D eigenvalue weighted by atomic mass is 9.92. The van der Waals surface area contributed by atoms with E-state index in [0.29, 0.717) is 13.1 Å². The highest BCUT2D eigenvalue weighted by molar-refractivity contribution is 5.87. The Bertz CT molecular complexity index is 329. The maximum Gasteiger partial charge on any atom is 0.245 e. The third kappa shape index (κ3) is 4.49. The van der Waals surface area contributed by atoms with E-state index in [4.69, 9.17) is 0 Å². The Labute approximate surface area is 115 Å². The van der Waals surface area contributed by atoms with Crippen LogP contribution in [0, 0.1) is 11.8 Å². The normalized spacial score (nSPS) is 23.1. The summed E-state index contributed by atoms with van der Waals surface area (Å²) in [5.41, 5.74) is 0. The Morgan fingerprint density at radius 3 is 2.42 bits per heavy atom. The molecule has 1 heterocycles. The number of piperidine rings is 1. The lowest BCUT2D eigenvalue weighted by molar-refractivity contribution is -0.139. The standard InChI is InChI=1S/C14H26N2O3/c1-9(2)13(15-11(4)18)14(19)16-7-5-6-12(8-16)10(3)17/h9-10,12-13,17H,5-8H2,1-4H3,(H,15,18). The van der Waals surface area contributed by atoms with Gasteiger partial charge in [0.25, 0.3) is 0 Å². The molecule has 0 saturated carbocycles. The number of amides is 2. The zero-order valence-electron chi connectivity index (χ0n) is 12.3. The van der Waals surface area contributed by atoms with Crippen molar-refractivity contribution >= 4 is 11.8 Å². The molecular weight excluding hydrogens is 244 g/mol. The monoisotopic (exact) mass is 270 g/mol. The molecule has 5 nitrogen and oxygen atoms in total. The molecule has 19 heavy (non-hydrogen) atoms. The van der Waals surface area contributed by atoms with Gasteiger partial charge in [0.2, 0.25) is 11.8 Å². The minimum Gasteiger partial charge on any atom is -0.393 e. The molecule has 0 radical (unpaired) electrons. The zero-order chi connectivity index (χ0) is 14.6. The average molecular weight is 270 g/mol. The van der Waals surface area contributed by atoms with E-state index in [9.17, 15) is 14.7 Å². The highest BCUT2D eigenvalue weighted by atomic mass is 16.3. The summed E-state index contributed by atoms with van der Waals surface area (Å²) in [5.74, 6) is -0.0159. The molecule has 1 saturated heterocycles. The van der Waals surface area contributed by atoms with Crippen molar-refractivity contribution in [3.05, 3.63) is 0 Å². The maximum atomic E-state index is 12.5. The van der Waals surface area contributed by atoms with Crippen molar-refractivity contribution in [2.45, 2.75) is 52.7 Å². The molecular formula is C14H26N2O3. The molecule has 3 atom stereocenters. The molecule has 0 aliphatic carbocycles. The van der Waals surface area contributed by atoms with Crippen LogP contribution >= 0.6 is 0 Å². The second-order valence-corrected chi connectivity index (χ2v) is 5.85. The van der Waals surface area contributed by atoms with Crippen molar-refractivity contribution in [1.29, 1.82) is 0 Å². The Kier molecular flexibility index (Phi) is 5.79. The first-order valence-electron chi connectivity index (χ1n) is 7.07. The third-order valence-corrected chi connectivity index (χ3v) is 3.74. The second kappa shape index (κ2) is 6.89. The summed E-state index contributed by atoms with van der Waals surface area (Å²) in [6.45, 7) is 8.34. The number of nitrogens with zero attached hydrogens (tertiary/aromatic N) is 1. The number of carbonyl (C=O) groups excluding carboxylic acids is 2. The molecule has 0 spiro atoms. The van der Waals surface area contributed by atoms with E-state index in [-0.39, 0.29) is 23.7 Å². The smallest absolute Gasteiger partial charge is 0.245 e. The molecule has 3 unspecified atom stereocenters. The zero-order valence-corrected chi connectivity index (χ0v) is 12.3. The van der Waals surface area contributed by atoms with Crippen LogP contribution in [0.5, 0.6) is 0 Å². The largest absolute Gasteiger partial charge is 0.393 e. The van der Waals surface area contributed by atoms with E-state index in [1.165, 1.54) is 6.92 Å². The van der Waals surface area contributed by atoms with Crippen molar-refractivity contribution in [2.75, 3.05) is 13.1 Å². The Hall–Kier alpha value is -1.10. The van der Waals surface area contributed by atoms with Crippen molar-refractivity contribution in [3.63, 3.8) is 0 Å². The summed E-state index contributed by atoms with van der Waals surface area (Å²) in [5, 5.41) is 12.4. The van der Waals surface area contributed by atoms with Gasteiger partial charge in [-0.3, -0.25) is 9.59 Å². The maximum absolute atomic E-state index is 12.5. The van der Waals surface area contributed by atoms with Gasteiger partial charge in [-0.15, -0.1) is 0 Å². The van der Waals surface area contributed by atoms with Gasteiger partial charge in [0, 0.05) is 25.9 Å². The van der Waals surface area contributed by atoms with Gasteiger partial charge in [-0.05, 0) is 25.7 Å². The fourth-order valence-corrected chi connectivity index (χ4v) is 2.53. The van der Waals surface area contributed by atoms with Crippen molar-refractivity contribution in [1.82, 2.24) is 10.2 Å². The molecule has 1 rings (SSSR count). The highest BCUT2D eigenvalue weighted by Crippen LogP contribution is 2.21. The van der Waals surface area contributed by atoms with Crippen molar-refractivity contribution in [2.24, 2.45) is 11.8 Å². The van der Waals surface area contributed by atoms with Crippen LogP contribution in [0.2, 0.25) is 0 Å². The lowest BCUT2D eigenvalue weighted by Gasteiger charge is -2.37. The molecule has 1 fully saturated rings. The van der Waals surface area contributed by atoms with Crippen LogP contribution in [0.15, 0.2) is 0 Å². The van der Waals surface area contributed by atoms with Gasteiger partial charge in [0.05, 0.1) is 6.10 Å². The van der Waals surface area contributed by atoms with Crippen molar-refractivity contribution < 1.29 is 14.7 Å². The van der Waals surface area contributed by atoms with Crippen LogP contribution < -0.4 is 5.32 Å². The van der Waals surface area contributed by atoms with E-state index in [0.717, 1.165) is 12.8 Å². The molecule has 110 valence electrons. The minimum absolute atomic E-state index is 0.0319. The second-order valence-electron chi connectivity index (χ2n) is 5.85. The lowest BCUT2D eigenvalue weighted by Crippen LogP contribution is -2.53. The van der Waals surface area contributed by atoms with Crippen LogP contribution in [0.1, 0.15) is 40.5 Å². The van der Waals surface area contributed by atoms with Crippen molar-refractivity contribution in [3.8, 4) is 0 Å². The third-order valence-electron chi connectivity index (χ3n) is 3.74. The fourth-order valence-electron chi connectivity index (χ4n) is 2.53. The summed E-state index contributed by atoms with van der Waals surface area (Å²) < 4.78 is 0. The molecule has 0 aromatic heterocycles. The van der Waals surface area contributed by atoms with E-state index in [2.05, 4.69) is 5.32 Å². The van der Waals surface area contributed by atoms with E-state index >= 15 is 0 Å². The minimum atomic E-state index is -0.467. The summed E-state index contributed by atoms with van der Waals surface area (Å²) in [6.07, 6.45) is 1.47. The van der Waals surface area contributed by atoms with Crippen LogP contribution in [0.4, 0.5) is 0 Å². The SMILES string of the molecule is CC(=O)NC(C(=O)N1CCCC(C(C)O)C1)C(C)C. The van der Waals surface area contributed by atoms with E-state index < -0.39 is 12.1 Å².